The van der Waals surface area contributed by atoms with Crippen molar-refractivity contribution in [1.82, 2.24) is 5.32 Å². The van der Waals surface area contributed by atoms with Gasteiger partial charge in [0.15, 0.2) is 0 Å². The lowest BCUT2D eigenvalue weighted by molar-refractivity contribution is 0.374. The zero-order valence-electron chi connectivity index (χ0n) is 10.7. The minimum atomic E-state index is 0.108. The Labute approximate surface area is 113 Å². The molecule has 3 N–H and O–H groups in total. The standard InChI is InChI=1S/C14H21NO2S/c1-18-13-6-3-11(4-7-13)15-9-10-2-5-12(16)8-14(10)17/h2,5,8,11,13,15-17H,3-4,6-7,9H2,1H3. The second-order valence-electron chi connectivity index (χ2n) is 4.90. The molecule has 1 aliphatic rings. The quantitative estimate of drug-likeness (QED) is 0.785. The first-order chi connectivity index (χ1) is 8.69. The molecule has 2 rings (SSSR count). The van der Waals surface area contributed by atoms with Gasteiger partial charge in [-0.25, -0.2) is 0 Å². The zero-order chi connectivity index (χ0) is 13.0. The van der Waals surface area contributed by atoms with Gasteiger partial charge in [-0.1, -0.05) is 6.07 Å². The number of rotatable bonds is 4. The van der Waals surface area contributed by atoms with Gasteiger partial charge in [-0.3, -0.25) is 0 Å². The molecule has 0 atom stereocenters. The number of phenols is 2. The predicted octanol–water partition coefficient (Wildman–Crippen LogP) is 2.86. The van der Waals surface area contributed by atoms with Crippen molar-refractivity contribution in [3.05, 3.63) is 23.8 Å². The molecule has 0 aromatic heterocycles. The fourth-order valence-electron chi connectivity index (χ4n) is 2.46. The first kappa shape index (κ1) is 13.6. The van der Waals surface area contributed by atoms with Crippen LogP contribution < -0.4 is 5.32 Å². The summed E-state index contributed by atoms with van der Waals surface area (Å²) in [7, 11) is 0. The van der Waals surface area contributed by atoms with Gasteiger partial charge in [0.2, 0.25) is 0 Å². The summed E-state index contributed by atoms with van der Waals surface area (Å²) < 4.78 is 0. The highest BCUT2D eigenvalue weighted by molar-refractivity contribution is 7.99. The molecule has 18 heavy (non-hydrogen) atoms. The molecular weight excluding hydrogens is 246 g/mol. The number of phenolic OH excluding ortho intramolecular Hbond substituents is 2. The van der Waals surface area contributed by atoms with Crippen molar-refractivity contribution in [2.75, 3.05) is 6.26 Å². The Morgan fingerprint density at radius 3 is 2.56 bits per heavy atom. The predicted molar refractivity (Wildman–Crippen MR) is 76.2 cm³/mol. The van der Waals surface area contributed by atoms with Crippen molar-refractivity contribution in [1.29, 1.82) is 0 Å². The summed E-state index contributed by atoms with van der Waals surface area (Å²) in [5.41, 5.74) is 0.847. The van der Waals surface area contributed by atoms with Gasteiger partial charge in [0.1, 0.15) is 11.5 Å². The van der Waals surface area contributed by atoms with Crippen LogP contribution in [0.15, 0.2) is 18.2 Å². The van der Waals surface area contributed by atoms with Crippen LogP contribution >= 0.6 is 11.8 Å². The molecule has 100 valence electrons. The zero-order valence-corrected chi connectivity index (χ0v) is 11.5. The number of aromatic hydroxyl groups is 2. The molecule has 1 aromatic carbocycles. The maximum atomic E-state index is 9.70. The van der Waals surface area contributed by atoms with E-state index in [1.165, 1.54) is 31.7 Å². The first-order valence-corrected chi connectivity index (χ1v) is 7.75. The molecule has 0 unspecified atom stereocenters. The van der Waals surface area contributed by atoms with Gasteiger partial charge < -0.3 is 15.5 Å². The van der Waals surface area contributed by atoms with Gasteiger partial charge in [0.25, 0.3) is 0 Å². The van der Waals surface area contributed by atoms with Crippen molar-refractivity contribution in [2.45, 2.75) is 43.5 Å². The van der Waals surface area contributed by atoms with E-state index in [-0.39, 0.29) is 11.5 Å². The van der Waals surface area contributed by atoms with Crippen molar-refractivity contribution < 1.29 is 10.2 Å². The third kappa shape index (κ3) is 3.56. The van der Waals surface area contributed by atoms with Crippen molar-refractivity contribution >= 4 is 11.8 Å². The molecule has 1 aliphatic carbocycles. The summed E-state index contributed by atoms with van der Waals surface area (Å²) in [4.78, 5) is 0. The maximum Gasteiger partial charge on any atom is 0.123 e. The second-order valence-corrected chi connectivity index (χ2v) is 6.04. The number of benzene rings is 1. The van der Waals surface area contributed by atoms with E-state index in [4.69, 9.17) is 0 Å². The van der Waals surface area contributed by atoms with Gasteiger partial charge in [-0.2, -0.15) is 11.8 Å². The average Bonchev–Trinajstić information content (AvgIpc) is 2.38. The van der Waals surface area contributed by atoms with Crippen LogP contribution in [0.25, 0.3) is 0 Å². The lowest BCUT2D eigenvalue weighted by atomic mass is 9.95. The number of nitrogens with one attached hydrogen (secondary N) is 1. The third-order valence-corrected chi connectivity index (χ3v) is 4.80. The van der Waals surface area contributed by atoms with Crippen LogP contribution in [0.1, 0.15) is 31.2 Å². The van der Waals surface area contributed by atoms with E-state index >= 15 is 0 Å². The Bertz CT molecular complexity index is 389. The fourth-order valence-corrected chi connectivity index (χ4v) is 3.20. The number of thioether (sulfide) groups is 1. The normalized spacial score (nSPS) is 24.1. The summed E-state index contributed by atoms with van der Waals surface area (Å²) in [6.07, 6.45) is 7.17. The molecule has 4 heteroatoms. The van der Waals surface area contributed by atoms with E-state index in [1.807, 2.05) is 11.8 Å². The summed E-state index contributed by atoms with van der Waals surface area (Å²) in [5, 5.41) is 23.2. The summed E-state index contributed by atoms with van der Waals surface area (Å²) >= 11 is 1.97. The van der Waals surface area contributed by atoms with E-state index in [0.717, 1.165) is 10.8 Å². The van der Waals surface area contributed by atoms with Gasteiger partial charge in [0, 0.05) is 29.5 Å². The molecule has 1 saturated carbocycles. The molecule has 0 saturated heterocycles. The Morgan fingerprint density at radius 1 is 1.22 bits per heavy atom. The number of hydrogen-bond acceptors (Lipinski definition) is 4. The van der Waals surface area contributed by atoms with Crippen LogP contribution in [-0.2, 0) is 6.54 Å². The minimum absolute atomic E-state index is 0.108. The molecule has 0 amide bonds. The summed E-state index contributed by atoms with van der Waals surface area (Å²) in [6.45, 7) is 0.667. The van der Waals surface area contributed by atoms with Crippen LogP contribution in [0.3, 0.4) is 0 Å². The minimum Gasteiger partial charge on any atom is -0.508 e. The van der Waals surface area contributed by atoms with Crippen LogP contribution in [0.4, 0.5) is 0 Å². The molecule has 0 aliphatic heterocycles. The molecule has 1 aromatic rings. The van der Waals surface area contributed by atoms with Gasteiger partial charge in [-0.15, -0.1) is 0 Å². The topological polar surface area (TPSA) is 52.5 Å². The largest absolute Gasteiger partial charge is 0.508 e. The monoisotopic (exact) mass is 267 g/mol. The average molecular weight is 267 g/mol. The van der Waals surface area contributed by atoms with Crippen LogP contribution in [0.2, 0.25) is 0 Å². The van der Waals surface area contributed by atoms with E-state index in [1.54, 1.807) is 12.1 Å². The van der Waals surface area contributed by atoms with Gasteiger partial charge in [-0.05, 0) is 38.0 Å². The molecule has 0 radical (unpaired) electrons. The highest BCUT2D eigenvalue weighted by Gasteiger charge is 2.20. The van der Waals surface area contributed by atoms with E-state index in [2.05, 4.69) is 11.6 Å². The van der Waals surface area contributed by atoms with E-state index < -0.39 is 0 Å². The van der Waals surface area contributed by atoms with Gasteiger partial charge in [0.05, 0.1) is 0 Å². The van der Waals surface area contributed by atoms with E-state index in [9.17, 15) is 10.2 Å². The fraction of sp³-hybridized carbons (Fsp3) is 0.571. The van der Waals surface area contributed by atoms with Crippen molar-refractivity contribution in [3.8, 4) is 11.5 Å². The van der Waals surface area contributed by atoms with Crippen LogP contribution in [0, 0.1) is 0 Å². The highest BCUT2D eigenvalue weighted by atomic mass is 32.2. The summed E-state index contributed by atoms with van der Waals surface area (Å²) in [5.74, 6) is 0.275. The third-order valence-electron chi connectivity index (χ3n) is 3.66. The lowest BCUT2D eigenvalue weighted by Gasteiger charge is -2.28. The number of hydrogen-bond donors (Lipinski definition) is 3. The van der Waals surface area contributed by atoms with Crippen molar-refractivity contribution in [2.24, 2.45) is 0 Å². The highest BCUT2D eigenvalue weighted by Crippen LogP contribution is 2.28. The molecule has 0 bridgehead atoms. The molecule has 1 fully saturated rings. The van der Waals surface area contributed by atoms with Crippen molar-refractivity contribution in [3.63, 3.8) is 0 Å². The Kier molecular flexibility index (Phi) is 4.78. The first-order valence-electron chi connectivity index (χ1n) is 6.46. The van der Waals surface area contributed by atoms with E-state index in [0.29, 0.717) is 12.6 Å². The molecular formula is C14H21NO2S. The lowest BCUT2D eigenvalue weighted by Crippen LogP contribution is -2.33. The Morgan fingerprint density at radius 2 is 1.94 bits per heavy atom. The van der Waals surface area contributed by atoms with Crippen LogP contribution in [-0.4, -0.2) is 27.8 Å². The van der Waals surface area contributed by atoms with Gasteiger partial charge >= 0.3 is 0 Å². The summed E-state index contributed by atoms with van der Waals surface area (Å²) in [6, 6.07) is 5.33. The smallest absolute Gasteiger partial charge is 0.123 e. The SMILES string of the molecule is CSC1CCC(NCc2ccc(O)cc2O)CC1. The second kappa shape index (κ2) is 6.34. The Hall–Kier alpha value is -0.870. The molecule has 0 spiro atoms. The maximum absolute atomic E-state index is 9.70. The van der Waals surface area contributed by atoms with Crippen LogP contribution in [0.5, 0.6) is 11.5 Å². The Balaban J connectivity index is 1.81. The molecule has 3 nitrogen and oxygen atoms in total. The molecule has 0 heterocycles.